The fraction of sp³-hybridized carbons (Fsp3) is 0.0714. The van der Waals surface area contributed by atoms with Crippen molar-refractivity contribution >= 4 is 20.0 Å². The van der Waals surface area contributed by atoms with E-state index in [1.165, 1.54) is 6.07 Å². The molecule has 0 aliphatic rings. The molecule has 186 valence electrons. The molecule has 8 heteroatoms. The van der Waals surface area contributed by atoms with Crippen LogP contribution in [0.15, 0.2) is 103 Å². The van der Waals surface area contributed by atoms with Gasteiger partial charge >= 0.3 is 7.82 Å². The van der Waals surface area contributed by atoms with Crippen LogP contribution in [-0.2, 0) is 26.8 Å². The highest BCUT2D eigenvalue weighted by molar-refractivity contribution is 7.47. The van der Waals surface area contributed by atoms with Crippen LogP contribution in [0.1, 0.15) is 22.3 Å². The quantitative estimate of drug-likeness (QED) is 0.159. The Morgan fingerprint density at radius 3 is 1.50 bits per heavy atom. The number of phenols is 3. The molecule has 4 rings (SSSR count). The Labute approximate surface area is 209 Å². The van der Waals surface area contributed by atoms with Crippen molar-refractivity contribution < 1.29 is 33.8 Å². The molecule has 0 radical (unpaired) electrons. The third kappa shape index (κ3) is 9.78. The van der Waals surface area contributed by atoms with Gasteiger partial charge in [-0.2, -0.15) is 0 Å². The first-order valence-electron chi connectivity index (χ1n) is 11.0. The fourth-order valence-corrected chi connectivity index (χ4v) is 3.69. The highest BCUT2D eigenvalue weighted by Gasteiger charge is 2.20. The zero-order valence-corrected chi connectivity index (χ0v) is 20.2. The molecule has 36 heavy (non-hydrogen) atoms. The molecule has 0 fully saturated rings. The number of rotatable bonds is 8. The average Bonchev–Trinajstić information content (AvgIpc) is 2.87. The van der Waals surface area contributed by atoms with Crippen molar-refractivity contribution in [2.24, 2.45) is 0 Å². The normalized spacial score (nSPS) is 11.1. The minimum atomic E-state index is -4.02. The third-order valence-electron chi connectivity index (χ3n) is 4.76. The molecule has 0 atom stereocenters. The summed E-state index contributed by atoms with van der Waals surface area (Å²) in [5, 5.41) is 27.7. The summed E-state index contributed by atoms with van der Waals surface area (Å²) >= 11 is 0. The summed E-state index contributed by atoms with van der Waals surface area (Å²) in [6, 6.07) is 29.5. The number of hydrogen-bond donors (Lipinski definition) is 4. The molecule has 0 unspecified atom stereocenters. The van der Waals surface area contributed by atoms with Crippen LogP contribution in [0.25, 0.3) is 12.2 Å². The third-order valence-corrected chi connectivity index (χ3v) is 5.67. The van der Waals surface area contributed by atoms with Crippen molar-refractivity contribution in [3.63, 3.8) is 0 Å². The predicted molar refractivity (Wildman–Crippen MR) is 139 cm³/mol. The van der Waals surface area contributed by atoms with Crippen LogP contribution >= 0.6 is 7.82 Å². The Balaban J connectivity index is 0.000000202. The van der Waals surface area contributed by atoms with Gasteiger partial charge in [0.1, 0.15) is 17.2 Å². The summed E-state index contributed by atoms with van der Waals surface area (Å²) in [5.74, 6) is 0.267. The van der Waals surface area contributed by atoms with Crippen LogP contribution < -0.4 is 0 Å². The topological polar surface area (TPSA) is 116 Å². The molecule has 0 spiro atoms. The fourth-order valence-electron chi connectivity index (χ4n) is 2.99. The molecule has 4 N–H and O–H groups in total. The Morgan fingerprint density at radius 1 is 0.583 bits per heavy atom. The van der Waals surface area contributed by atoms with Crippen molar-refractivity contribution in [2.45, 2.75) is 13.2 Å². The van der Waals surface area contributed by atoms with E-state index in [4.69, 9.17) is 14.2 Å². The summed E-state index contributed by atoms with van der Waals surface area (Å²) in [6.45, 7) is 0.0901. The maximum atomic E-state index is 11.7. The van der Waals surface area contributed by atoms with Crippen molar-refractivity contribution in [3.05, 3.63) is 125 Å². The molecule has 0 aliphatic heterocycles. The first kappa shape index (κ1) is 26.7. The van der Waals surface area contributed by atoms with Gasteiger partial charge in [-0.1, -0.05) is 84.9 Å². The number of phosphoric acid groups is 1. The van der Waals surface area contributed by atoms with Gasteiger partial charge in [0.25, 0.3) is 0 Å². The van der Waals surface area contributed by atoms with Gasteiger partial charge in [0.05, 0.1) is 13.2 Å². The van der Waals surface area contributed by atoms with E-state index in [2.05, 4.69) is 0 Å². The van der Waals surface area contributed by atoms with E-state index in [9.17, 15) is 19.7 Å². The summed E-state index contributed by atoms with van der Waals surface area (Å²) in [7, 11) is -4.02. The Bertz CT molecular complexity index is 1220. The molecule has 4 aromatic carbocycles. The summed E-state index contributed by atoms with van der Waals surface area (Å²) < 4.78 is 21.5. The summed E-state index contributed by atoms with van der Waals surface area (Å²) in [5.41, 5.74) is 3.27. The van der Waals surface area contributed by atoms with Crippen LogP contribution in [0.3, 0.4) is 0 Å². The van der Waals surface area contributed by atoms with E-state index in [-0.39, 0.29) is 30.5 Å². The number of phosphoric ester groups is 1. The minimum Gasteiger partial charge on any atom is -0.508 e. The lowest BCUT2D eigenvalue weighted by Crippen LogP contribution is -1.96. The van der Waals surface area contributed by atoms with Gasteiger partial charge in [0, 0.05) is 6.07 Å². The van der Waals surface area contributed by atoms with E-state index in [0.717, 1.165) is 16.7 Å². The van der Waals surface area contributed by atoms with Gasteiger partial charge in [-0.05, 0) is 46.5 Å². The van der Waals surface area contributed by atoms with Crippen molar-refractivity contribution in [2.75, 3.05) is 0 Å². The molecule has 0 amide bonds. The largest absolute Gasteiger partial charge is 0.508 e. The van der Waals surface area contributed by atoms with E-state index >= 15 is 0 Å². The van der Waals surface area contributed by atoms with Gasteiger partial charge in [-0.3, -0.25) is 9.05 Å². The second-order valence-electron chi connectivity index (χ2n) is 7.69. The number of hydrogen-bond acceptors (Lipinski definition) is 6. The molecule has 7 nitrogen and oxygen atoms in total. The van der Waals surface area contributed by atoms with Gasteiger partial charge < -0.3 is 20.2 Å². The van der Waals surface area contributed by atoms with Crippen molar-refractivity contribution in [3.8, 4) is 17.2 Å². The minimum absolute atomic E-state index is 0.0235. The molecule has 4 aromatic rings. The highest BCUT2D eigenvalue weighted by Crippen LogP contribution is 2.44. The van der Waals surface area contributed by atoms with Gasteiger partial charge in [-0.15, -0.1) is 0 Å². The van der Waals surface area contributed by atoms with Crippen LogP contribution in [0.2, 0.25) is 0 Å². The van der Waals surface area contributed by atoms with Crippen LogP contribution in [-0.4, -0.2) is 20.2 Å². The lowest BCUT2D eigenvalue weighted by Gasteiger charge is -2.12. The molecular formula is C28H27O7P. The van der Waals surface area contributed by atoms with Crippen LogP contribution in [0.4, 0.5) is 0 Å². The molecule has 0 bridgehead atoms. The van der Waals surface area contributed by atoms with Gasteiger partial charge in [0.2, 0.25) is 0 Å². The molecule has 0 aromatic heterocycles. The Kier molecular flexibility index (Phi) is 9.86. The maximum absolute atomic E-state index is 11.7. The van der Waals surface area contributed by atoms with E-state index in [1.54, 1.807) is 42.5 Å². The molecule has 0 aliphatic carbocycles. The van der Waals surface area contributed by atoms with E-state index in [1.807, 2.05) is 66.7 Å². The second-order valence-corrected chi connectivity index (χ2v) is 9.15. The number of aromatic hydroxyl groups is 3. The summed E-state index contributed by atoms with van der Waals surface area (Å²) in [6.07, 6.45) is 3.60. The van der Waals surface area contributed by atoms with Crippen molar-refractivity contribution in [1.82, 2.24) is 0 Å². The zero-order chi connectivity index (χ0) is 25.8. The molecule has 0 saturated heterocycles. The SMILES string of the molecule is O=P(O)(OCc1ccccc1)OCc1ccccc1.Oc1ccc(C=Cc2cc(O)cc(O)c2)cc1. The predicted octanol–water partition coefficient (Wildman–Crippen LogP) is 6.49. The number of benzene rings is 4. The first-order valence-corrected chi connectivity index (χ1v) is 12.5. The van der Waals surface area contributed by atoms with Crippen LogP contribution in [0, 0.1) is 0 Å². The lowest BCUT2D eigenvalue weighted by molar-refractivity contribution is 0.137. The Morgan fingerprint density at radius 2 is 1.03 bits per heavy atom. The number of phenolic OH excluding ortho intramolecular Hbond substituents is 3. The van der Waals surface area contributed by atoms with Crippen molar-refractivity contribution in [1.29, 1.82) is 0 Å². The van der Waals surface area contributed by atoms with E-state index < -0.39 is 7.82 Å². The standard InChI is InChI=1S/C14H15O4P.C14H12O3/c15-19(16,17-11-13-7-3-1-4-8-13)18-12-14-9-5-2-6-10-14;15-12-5-3-10(4-6-12)1-2-11-7-13(16)9-14(17)8-11/h1-10H,11-12H2,(H,15,16);1-9,15-17H. The second kappa shape index (κ2) is 13.3. The van der Waals surface area contributed by atoms with E-state index in [0.29, 0.717) is 5.56 Å². The van der Waals surface area contributed by atoms with Gasteiger partial charge in [-0.25, -0.2) is 4.57 Å². The maximum Gasteiger partial charge on any atom is 0.472 e. The monoisotopic (exact) mass is 506 g/mol. The lowest BCUT2D eigenvalue weighted by atomic mass is 10.1. The molecular weight excluding hydrogens is 479 g/mol. The van der Waals surface area contributed by atoms with Crippen LogP contribution in [0.5, 0.6) is 17.2 Å². The molecule has 0 saturated carbocycles. The first-order chi connectivity index (χ1) is 17.3. The average molecular weight is 506 g/mol. The van der Waals surface area contributed by atoms with Gasteiger partial charge in [0.15, 0.2) is 0 Å². The Hall–Kier alpha value is -3.87. The summed E-state index contributed by atoms with van der Waals surface area (Å²) in [4.78, 5) is 9.55. The molecule has 0 heterocycles. The zero-order valence-electron chi connectivity index (χ0n) is 19.3. The smallest absolute Gasteiger partial charge is 0.472 e. The highest BCUT2D eigenvalue weighted by atomic mass is 31.2.